The number of benzene rings is 1. The van der Waals surface area contributed by atoms with Gasteiger partial charge >= 0.3 is 0 Å². The summed E-state index contributed by atoms with van der Waals surface area (Å²) < 4.78 is 34.3. The maximum absolute atomic E-state index is 12.1. The lowest BCUT2D eigenvalue weighted by atomic mass is 10.2. The number of hydrogen-bond donors (Lipinski definition) is 2. The Bertz CT molecular complexity index is 462. The number of nitrogens with one attached hydrogen (secondary N) is 1. The van der Waals surface area contributed by atoms with Gasteiger partial charge in [0, 0.05) is 19.8 Å². The molecule has 0 spiro atoms. The SMILES string of the molecule is CCOCCCNC(N)=NCc1cccc(OCC(F)F)c1.I. The van der Waals surface area contributed by atoms with Crippen molar-refractivity contribution in [1.29, 1.82) is 0 Å². The average molecular weight is 443 g/mol. The largest absolute Gasteiger partial charge is 0.488 e. The van der Waals surface area contributed by atoms with Gasteiger partial charge < -0.3 is 20.5 Å². The van der Waals surface area contributed by atoms with Crippen LogP contribution in [0.4, 0.5) is 8.78 Å². The molecule has 0 heterocycles. The Hall–Kier alpha value is -1.16. The molecule has 0 saturated carbocycles. The highest BCUT2D eigenvalue weighted by molar-refractivity contribution is 14.0. The molecule has 0 atom stereocenters. The van der Waals surface area contributed by atoms with Crippen LogP contribution in [0.15, 0.2) is 29.3 Å². The number of hydrogen-bond acceptors (Lipinski definition) is 3. The van der Waals surface area contributed by atoms with Crippen LogP contribution in [-0.4, -0.2) is 38.8 Å². The fourth-order valence-electron chi connectivity index (χ4n) is 1.66. The molecular weight excluding hydrogens is 419 g/mol. The highest BCUT2D eigenvalue weighted by Crippen LogP contribution is 2.14. The highest BCUT2D eigenvalue weighted by Gasteiger charge is 2.04. The van der Waals surface area contributed by atoms with E-state index in [9.17, 15) is 8.78 Å². The van der Waals surface area contributed by atoms with Gasteiger partial charge in [-0.1, -0.05) is 12.1 Å². The van der Waals surface area contributed by atoms with Crippen LogP contribution >= 0.6 is 24.0 Å². The van der Waals surface area contributed by atoms with E-state index < -0.39 is 13.0 Å². The average Bonchev–Trinajstić information content (AvgIpc) is 2.51. The van der Waals surface area contributed by atoms with Gasteiger partial charge in [0.05, 0.1) is 6.54 Å². The van der Waals surface area contributed by atoms with Crippen LogP contribution in [0.25, 0.3) is 0 Å². The predicted molar refractivity (Wildman–Crippen MR) is 97.8 cm³/mol. The molecule has 5 nitrogen and oxygen atoms in total. The molecule has 1 rings (SSSR count). The molecule has 0 aliphatic carbocycles. The molecule has 1 aromatic rings. The molecule has 0 aromatic heterocycles. The first-order valence-corrected chi connectivity index (χ1v) is 7.23. The number of nitrogens with two attached hydrogens (primary N) is 1. The molecule has 0 radical (unpaired) electrons. The first kappa shape index (κ1) is 21.8. The summed E-state index contributed by atoms with van der Waals surface area (Å²) in [5.74, 6) is 0.742. The summed E-state index contributed by atoms with van der Waals surface area (Å²) in [4.78, 5) is 4.19. The van der Waals surface area contributed by atoms with E-state index in [-0.39, 0.29) is 24.0 Å². The molecule has 0 bridgehead atoms. The monoisotopic (exact) mass is 443 g/mol. The van der Waals surface area contributed by atoms with Crippen molar-refractivity contribution in [3.8, 4) is 5.75 Å². The van der Waals surface area contributed by atoms with Crippen molar-refractivity contribution in [1.82, 2.24) is 5.32 Å². The Morgan fingerprint density at radius 1 is 1.39 bits per heavy atom. The van der Waals surface area contributed by atoms with Gasteiger partial charge in [0.1, 0.15) is 12.4 Å². The molecule has 0 aliphatic rings. The maximum atomic E-state index is 12.1. The first-order chi connectivity index (χ1) is 10.6. The van der Waals surface area contributed by atoms with Crippen LogP contribution < -0.4 is 15.8 Å². The van der Waals surface area contributed by atoms with Crippen LogP contribution in [0.5, 0.6) is 5.75 Å². The molecule has 23 heavy (non-hydrogen) atoms. The summed E-state index contributed by atoms with van der Waals surface area (Å²) in [6.45, 7) is 3.76. The van der Waals surface area contributed by atoms with E-state index in [4.69, 9.17) is 15.2 Å². The van der Waals surface area contributed by atoms with Gasteiger partial charge in [-0.15, -0.1) is 24.0 Å². The number of alkyl halides is 2. The van der Waals surface area contributed by atoms with Crippen LogP contribution in [0.1, 0.15) is 18.9 Å². The van der Waals surface area contributed by atoms with Crippen LogP contribution in [0.2, 0.25) is 0 Å². The van der Waals surface area contributed by atoms with E-state index >= 15 is 0 Å². The Balaban J connectivity index is 0.00000484. The van der Waals surface area contributed by atoms with Crippen molar-refractivity contribution in [2.24, 2.45) is 10.7 Å². The molecule has 0 fully saturated rings. The summed E-state index contributed by atoms with van der Waals surface area (Å²) in [6, 6.07) is 6.87. The zero-order valence-corrected chi connectivity index (χ0v) is 15.5. The quantitative estimate of drug-likeness (QED) is 0.253. The van der Waals surface area contributed by atoms with Gasteiger partial charge in [-0.3, -0.25) is 0 Å². The number of nitrogens with zero attached hydrogens (tertiary/aromatic N) is 1. The van der Waals surface area contributed by atoms with E-state index in [1.165, 1.54) is 0 Å². The molecule has 1 aromatic carbocycles. The van der Waals surface area contributed by atoms with E-state index in [1.54, 1.807) is 18.2 Å². The summed E-state index contributed by atoms with van der Waals surface area (Å²) in [7, 11) is 0. The molecule has 8 heteroatoms. The number of ether oxygens (including phenoxy) is 2. The van der Waals surface area contributed by atoms with E-state index in [2.05, 4.69) is 10.3 Å². The van der Waals surface area contributed by atoms with Gasteiger partial charge in [0.25, 0.3) is 6.43 Å². The third-order valence-electron chi connectivity index (χ3n) is 2.68. The fourth-order valence-corrected chi connectivity index (χ4v) is 1.66. The van der Waals surface area contributed by atoms with Crippen molar-refractivity contribution in [3.05, 3.63) is 29.8 Å². The molecule has 0 unspecified atom stereocenters. The van der Waals surface area contributed by atoms with Gasteiger partial charge in [-0.05, 0) is 31.0 Å². The predicted octanol–water partition coefficient (Wildman–Crippen LogP) is 2.78. The number of rotatable bonds is 10. The minimum atomic E-state index is -2.49. The van der Waals surface area contributed by atoms with Crippen molar-refractivity contribution < 1.29 is 18.3 Å². The lowest BCUT2D eigenvalue weighted by Gasteiger charge is -2.08. The molecule has 0 saturated heterocycles. The smallest absolute Gasteiger partial charge is 0.272 e. The zero-order valence-electron chi connectivity index (χ0n) is 13.1. The van der Waals surface area contributed by atoms with E-state index in [1.807, 2.05) is 13.0 Å². The third kappa shape index (κ3) is 11.1. The lowest BCUT2D eigenvalue weighted by Crippen LogP contribution is -2.32. The topological polar surface area (TPSA) is 68.9 Å². The van der Waals surface area contributed by atoms with Crippen LogP contribution in [-0.2, 0) is 11.3 Å². The van der Waals surface area contributed by atoms with Gasteiger partial charge in [0.2, 0.25) is 0 Å². The number of aliphatic imine (C=N–C) groups is 1. The normalized spacial score (nSPS) is 11.2. The minimum absolute atomic E-state index is 0. The molecular formula is C15H24F2IN3O2. The lowest BCUT2D eigenvalue weighted by molar-refractivity contribution is 0.0818. The fraction of sp³-hybridized carbons (Fsp3) is 0.533. The van der Waals surface area contributed by atoms with E-state index in [0.717, 1.165) is 12.0 Å². The summed E-state index contributed by atoms with van der Waals surface area (Å²) >= 11 is 0. The second kappa shape index (κ2) is 13.3. The summed E-state index contributed by atoms with van der Waals surface area (Å²) in [5.41, 5.74) is 6.58. The van der Waals surface area contributed by atoms with Crippen molar-refractivity contribution in [2.45, 2.75) is 26.3 Å². The second-order valence-electron chi connectivity index (χ2n) is 4.53. The number of halogens is 3. The maximum Gasteiger partial charge on any atom is 0.272 e. The Kier molecular flexibility index (Phi) is 12.6. The Morgan fingerprint density at radius 3 is 2.87 bits per heavy atom. The van der Waals surface area contributed by atoms with Crippen LogP contribution in [0, 0.1) is 0 Å². The van der Waals surface area contributed by atoms with Crippen LogP contribution in [0.3, 0.4) is 0 Å². The molecule has 132 valence electrons. The Labute approximate surface area is 152 Å². The second-order valence-corrected chi connectivity index (χ2v) is 4.53. The van der Waals surface area contributed by atoms with Gasteiger partial charge in [-0.25, -0.2) is 13.8 Å². The zero-order chi connectivity index (χ0) is 16.2. The van der Waals surface area contributed by atoms with E-state index in [0.29, 0.717) is 38.0 Å². The standard InChI is InChI=1S/C15H23F2N3O2.HI/c1-2-21-8-4-7-19-15(18)20-10-12-5-3-6-13(9-12)22-11-14(16)17;/h3,5-6,9,14H,2,4,7-8,10-11H2,1H3,(H3,18,19,20);1H. The van der Waals surface area contributed by atoms with Crippen molar-refractivity contribution >= 4 is 29.9 Å². The highest BCUT2D eigenvalue weighted by atomic mass is 127. The number of guanidine groups is 1. The van der Waals surface area contributed by atoms with Crippen molar-refractivity contribution in [2.75, 3.05) is 26.4 Å². The first-order valence-electron chi connectivity index (χ1n) is 7.23. The van der Waals surface area contributed by atoms with Gasteiger partial charge in [-0.2, -0.15) is 0 Å². The summed E-state index contributed by atoms with van der Waals surface area (Å²) in [6.07, 6.45) is -1.64. The van der Waals surface area contributed by atoms with Gasteiger partial charge in [0.15, 0.2) is 5.96 Å². The molecule has 0 aliphatic heterocycles. The third-order valence-corrected chi connectivity index (χ3v) is 2.68. The molecule has 0 amide bonds. The van der Waals surface area contributed by atoms with Crippen molar-refractivity contribution in [3.63, 3.8) is 0 Å². The minimum Gasteiger partial charge on any atom is -0.488 e. The Morgan fingerprint density at radius 2 is 2.17 bits per heavy atom. The summed E-state index contributed by atoms with van der Waals surface area (Å²) in [5, 5.41) is 2.98. The molecule has 3 N–H and O–H groups in total.